The Labute approximate surface area is 255 Å². The van der Waals surface area contributed by atoms with E-state index in [1.165, 1.54) is 74.8 Å². The van der Waals surface area contributed by atoms with Gasteiger partial charge in [-0.3, -0.25) is 9.80 Å². The molecule has 3 aromatic rings. The van der Waals surface area contributed by atoms with Gasteiger partial charge in [-0.05, 0) is 110 Å². The van der Waals surface area contributed by atoms with E-state index in [2.05, 4.69) is 58.3 Å². The van der Waals surface area contributed by atoms with Crippen LogP contribution in [0, 0.1) is 34.5 Å². The van der Waals surface area contributed by atoms with Gasteiger partial charge in [-0.15, -0.1) is 0 Å². The lowest BCUT2D eigenvalue weighted by Gasteiger charge is -2.66. The summed E-state index contributed by atoms with van der Waals surface area (Å²) in [6, 6.07) is 26.7. The zero-order valence-electron chi connectivity index (χ0n) is 25.2. The van der Waals surface area contributed by atoms with Crippen LogP contribution in [0.2, 0.25) is 0 Å². The maximum Gasteiger partial charge on any atom is 0.173 e. The smallest absolute Gasteiger partial charge is 0.173 e. The molecule has 0 N–H and O–H groups in total. The summed E-state index contributed by atoms with van der Waals surface area (Å²) in [7, 11) is 1.78. The molecule has 2 saturated heterocycles. The first-order valence-electron chi connectivity index (χ1n) is 16.5. The summed E-state index contributed by atoms with van der Waals surface area (Å²) in [6.07, 6.45) is 9.10. The van der Waals surface area contributed by atoms with Crippen LogP contribution in [0.15, 0.2) is 66.7 Å². The van der Waals surface area contributed by atoms with Crippen molar-refractivity contribution in [3.05, 3.63) is 89.0 Å². The Balaban J connectivity index is 1.20. The molecule has 2 aliphatic heterocycles. The van der Waals surface area contributed by atoms with Crippen molar-refractivity contribution in [2.75, 3.05) is 26.7 Å². The molecule has 0 radical (unpaired) electrons. The van der Waals surface area contributed by atoms with Crippen LogP contribution in [0.4, 0.5) is 0 Å². The van der Waals surface area contributed by atoms with Crippen LogP contribution in [-0.4, -0.2) is 48.6 Å². The minimum atomic E-state index is 0.0844. The van der Waals surface area contributed by atoms with Gasteiger partial charge in [0.2, 0.25) is 0 Å². The molecule has 4 aliphatic carbocycles. The molecule has 220 valence electrons. The van der Waals surface area contributed by atoms with Gasteiger partial charge in [-0.1, -0.05) is 42.5 Å². The monoisotopic (exact) mass is 571 g/mol. The van der Waals surface area contributed by atoms with Gasteiger partial charge in [-0.2, -0.15) is 5.26 Å². The largest absolute Gasteiger partial charge is 0.493 e. The standard InChI is InChI=1S/C38H41N3O2/c1-42-32-13-12-28-19-33-37-15-14-31-34(29(20-37)24-41(31)23-25-6-3-2-4-7-25)38(37,16-17-40(33)22-26-10-11-26)35(28)36(32)43-30-9-5-8-27(18-30)21-39/h2-9,12-13,18,26,29,31,33-34H,10-11,14-17,19-20,22-24H2,1H3/t29-,31-,33-,34-,37-,38-/m1/s1. The molecule has 5 heteroatoms. The maximum atomic E-state index is 9.62. The predicted molar refractivity (Wildman–Crippen MR) is 166 cm³/mol. The van der Waals surface area contributed by atoms with Crippen LogP contribution < -0.4 is 9.47 Å². The lowest BCUT2D eigenvalue weighted by Crippen LogP contribution is -2.69. The van der Waals surface area contributed by atoms with E-state index in [1.807, 2.05) is 24.3 Å². The summed E-state index contributed by atoms with van der Waals surface area (Å²) < 4.78 is 13.0. The summed E-state index contributed by atoms with van der Waals surface area (Å²) in [4.78, 5) is 5.79. The first-order valence-corrected chi connectivity index (χ1v) is 16.5. The topological polar surface area (TPSA) is 48.7 Å². The molecule has 0 amide bonds. The van der Waals surface area contributed by atoms with Gasteiger partial charge in [0.05, 0.1) is 18.7 Å². The van der Waals surface area contributed by atoms with Crippen LogP contribution in [0.5, 0.6) is 17.2 Å². The van der Waals surface area contributed by atoms with Crippen molar-refractivity contribution in [2.24, 2.45) is 23.2 Å². The molecular formula is C38H41N3O2. The van der Waals surface area contributed by atoms with Crippen molar-refractivity contribution in [1.29, 1.82) is 5.26 Å². The van der Waals surface area contributed by atoms with Crippen molar-refractivity contribution in [3.63, 3.8) is 0 Å². The van der Waals surface area contributed by atoms with Crippen molar-refractivity contribution < 1.29 is 9.47 Å². The van der Waals surface area contributed by atoms with Gasteiger partial charge in [0.1, 0.15) is 5.75 Å². The molecule has 43 heavy (non-hydrogen) atoms. The summed E-state index contributed by atoms with van der Waals surface area (Å²) in [6.45, 7) is 4.74. The van der Waals surface area contributed by atoms with Gasteiger partial charge in [0, 0.05) is 42.7 Å². The van der Waals surface area contributed by atoms with Gasteiger partial charge in [0.15, 0.2) is 11.5 Å². The van der Waals surface area contributed by atoms with E-state index in [9.17, 15) is 5.26 Å². The summed E-state index contributed by atoms with van der Waals surface area (Å²) in [5.74, 6) is 4.72. The number of hydrogen-bond donors (Lipinski definition) is 0. The van der Waals surface area contributed by atoms with Crippen LogP contribution >= 0.6 is 0 Å². The number of hydrogen-bond acceptors (Lipinski definition) is 5. The van der Waals surface area contributed by atoms with Crippen molar-refractivity contribution >= 4 is 0 Å². The van der Waals surface area contributed by atoms with E-state index < -0.39 is 0 Å². The first-order chi connectivity index (χ1) is 21.1. The molecule has 0 unspecified atom stereocenters. The number of rotatable bonds is 7. The van der Waals surface area contributed by atoms with Gasteiger partial charge in [-0.25, -0.2) is 0 Å². The third-order valence-electron chi connectivity index (χ3n) is 12.6. The second kappa shape index (κ2) is 9.58. The Morgan fingerprint density at radius 1 is 0.977 bits per heavy atom. The van der Waals surface area contributed by atoms with Crippen LogP contribution in [0.25, 0.3) is 0 Å². The van der Waals surface area contributed by atoms with Crippen LogP contribution in [-0.2, 0) is 18.4 Å². The fourth-order valence-electron chi connectivity index (χ4n) is 11.1. The molecule has 9 rings (SSSR count). The number of benzene rings is 3. The molecular weight excluding hydrogens is 530 g/mol. The van der Waals surface area contributed by atoms with Gasteiger partial charge < -0.3 is 9.47 Å². The Morgan fingerprint density at radius 3 is 2.67 bits per heavy atom. The highest BCUT2D eigenvalue weighted by Gasteiger charge is 2.76. The van der Waals surface area contributed by atoms with E-state index in [4.69, 9.17) is 9.47 Å². The lowest BCUT2D eigenvalue weighted by molar-refractivity contribution is -0.106. The SMILES string of the molecule is COc1ccc2c(c1Oc1cccc(C#N)c1)[C@]13CCN(CC4CC4)[C@H](C2)[C@]12CC[C@@H]1[C@H]3[C@@H](CN1Cc1ccccc1)C2. The first kappa shape index (κ1) is 26.1. The molecule has 5 fully saturated rings. The summed E-state index contributed by atoms with van der Waals surface area (Å²) in [5.41, 5.74) is 5.35. The van der Waals surface area contributed by atoms with E-state index in [0.29, 0.717) is 29.5 Å². The second-order valence-electron chi connectivity index (χ2n) is 14.4. The number of piperidine rings is 1. The minimum absolute atomic E-state index is 0.0844. The second-order valence-corrected chi connectivity index (χ2v) is 14.4. The summed E-state index contributed by atoms with van der Waals surface area (Å²) >= 11 is 0. The molecule has 5 nitrogen and oxygen atoms in total. The predicted octanol–water partition coefficient (Wildman–Crippen LogP) is 6.94. The number of fused-ring (bicyclic) bond motifs is 1. The molecule has 0 aromatic heterocycles. The van der Waals surface area contributed by atoms with Crippen LogP contribution in [0.1, 0.15) is 60.8 Å². The number of likely N-dealkylation sites (tertiary alicyclic amines) is 2. The zero-order chi connectivity index (χ0) is 28.8. The maximum absolute atomic E-state index is 9.62. The average Bonchev–Trinajstić information content (AvgIpc) is 3.75. The van der Waals surface area contributed by atoms with E-state index in [1.54, 1.807) is 7.11 Å². The molecule has 6 aliphatic rings. The molecule has 2 heterocycles. The van der Waals surface area contributed by atoms with Crippen molar-refractivity contribution in [2.45, 2.75) is 69.0 Å². The van der Waals surface area contributed by atoms with Gasteiger partial charge in [0.25, 0.3) is 0 Å². The highest BCUT2D eigenvalue weighted by molar-refractivity contribution is 5.61. The average molecular weight is 572 g/mol. The molecule has 4 bridgehead atoms. The Kier molecular flexibility index (Phi) is 5.82. The Bertz CT molecular complexity index is 1610. The minimum Gasteiger partial charge on any atom is -0.493 e. The molecule has 6 atom stereocenters. The number of nitriles is 1. The number of methoxy groups -OCH3 is 1. The van der Waals surface area contributed by atoms with Gasteiger partial charge >= 0.3 is 0 Å². The highest BCUT2D eigenvalue weighted by atomic mass is 16.5. The van der Waals surface area contributed by atoms with Crippen LogP contribution in [0.3, 0.4) is 0 Å². The number of ether oxygens (including phenoxy) is 2. The summed E-state index contributed by atoms with van der Waals surface area (Å²) in [5, 5.41) is 9.62. The third-order valence-corrected chi connectivity index (χ3v) is 12.6. The van der Waals surface area contributed by atoms with Crippen molar-refractivity contribution in [3.8, 4) is 23.3 Å². The zero-order valence-corrected chi connectivity index (χ0v) is 25.2. The normalized spacial score (nSPS) is 33.9. The van der Waals surface area contributed by atoms with E-state index >= 15 is 0 Å². The Morgan fingerprint density at radius 2 is 1.86 bits per heavy atom. The highest BCUT2D eigenvalue weighted by Crippen LogP contribution is 2.77. The number of nitrogens with zero attached hydrogens (tertiary/aromatic N) is 3. The van der Waals surface area contributed by atoms with Crippen molar-refractivity contribution in [1.82, 2.24) is 9.80 Å². The lowest BCUT2D eigenvalue weighted by atomic mass is 9.43. The Hall–Kier alpha value is -3.33. The fourth-order valence-corrected chi connectivity index (χ4v) is 11.1. The molecule has 0 spiro atoms. The van der Waals surface area contributed by atoms with E-state index in [0.717, 1.165) is 36.1 Å². The van der Waals surface area contributed by atoms with E-state index in [-0.39, 0.29) is 10.8 Å². The molecule has 3 saturated carbocycles. The fraction of sp³-hybridized carbons (Fsp3) is 0.500. The molecule has 3 aromatic carbocycles. The third kappa shape index (κ3) is 3.69. The quantitative estimate of drug-likeness (QED) is 0.308.